The summed E-state index contributed by atoms with van der Waals surface area (Å²) < 4.78 is 5.82. The van der Waals surface area contributed by atoms with Gasteiger partial charge in [0.1, 0.15) is 0 Å². The molecule has 3 nitrogen and oxygen atoms in total. The van der Waals surface area contributed by atoms with Crippen molar-refractivity contribution in [2.24, 2.45) is 0 Å². The van der Waals surface area contributed by atoms with Crippen molar-refractivity contribution < 1.29 is 9.53 Å². The summed E-state index contributed by atoms with van der Waals surface area (Å²) in [6, 6.07) is 8.43. The second-order valence-corrected chi connectivity index (χ2v) is 5.93. The second kappa shape index (κ2) is 6.06. The van der Waals surface area contributed by atoms with Gasteiger partial charge in [-0.3, -0.25) is 9.69 Å². The van der Waals surface area contributed by atoms with E-state index in [4.69, 9.17) is 4.74 Å². The van der Waals surface area contributed by atoms with Gasteiger partial charge in [-0.15, -0.1) is 0 Å². The van der Waals surface area contributed by atoms with Gasteiger partial charge in [0.15, 0.2) is 5.78 Å². The molecule has 2 aliphatic rings. The minimum atomic E-state index is 0.268. The summed E-state index contributed by atoms with van der Waals surface area (Å²) in [5, 5.41) is 0. The fraction of sp³-hybridized carbons (Fsp3) is 0.588. The number of hydrogen-bond donors (Lipinski definition) is 0. The Kier molecular flexibility index (Phi) is 4.18. The van der Waals surface area contributed by atoms with Crippen molar-refractivity contribution >= 4 is 5.78 Å². The van der Waals surface area contributed by atoms with E-state index in [-0.39, 0.29) is 5.78 Å². The van der Waals surface area contributed by atoms with Gasteiger partial charge in [0.2, 0.25) is 0 Å². The first-order valence-electron chi connectivity index (χ1n) is 7.70. The highest BCUT2D eigenvalue weighted by atomic mass is 16.5. The number of carbonyl (C=O) groups is 1. The molecule has 1 saturated heterocycles. The van der Waals surface area contributed by atoms with Gasteiger partial charge in [0, 0.05) is 31.1 Å². The van der Waals surface area contributed by atoms with Crippen molar-refractivity contribution in [2.75, 3.05) is 19.7 Å². The zero-order valence-electron chi connectivity index (χ0n) is 12.2. The first-order valence-corrected chi connectivity index (χ1v) is 7.70. The number of ether oxygens (including phenoxy) is 1. The van der Waals surface area contributed by atoms with Crippen molar-refractivity contribution in [2.45, 2.75) is 44.8 Å². The maximum atomic E-state index is 12.3. The lowest BCUT2D eigenvalue weighted by Crippen LogP contribution is -2.49. The summed E-state index contributed by atoms with van der Waals surface area (Å²) >= 11 is 0. The minimum Gasteiger partial charge on any atom is -0.375 e. The molecule has 1 saturated carbocycles. The number of rotatable bonds is 4. The summed E-state index contributed by atoms with van der Waals surface area (Å²) in [6.07, 6.45) is 4.71. The quantitative estimate of drug-likeness (QED) is 0.790. The number of benzene rings is 1. The molecule has 20 heavy (non-hydrogen) atoms. The molecule has 2 fully saturated rings. The summed E-state index contributed by atoms with van der Waals surface area (Å²) in [5.41, 5.74) is 1.96. The summed E-state index contributed by atoms with van der Waals surface area (Å²) in [5.74, 6) is 0.268. The Morgan fingerprint density at radius 1 is 1.35 bits per heavy atom. The number of Topliss-reactive ketones (excluding diaryl/α,β-unsaturated/α-hetero) is 1. The van der Waals surface area contributed by atoms with E-state index < -0.39 is 0 Å². The lowest BCUT2D eigenvalue weighted by atomic mass is 10.0. The molecule has 0 aromatic heterocycles. The molecule has 1 aliphatic carbocycles. The third-order valence-electron chi connectivity index (χ3n) is 4.67. The maximum absolute atomic E-state index is 12.3. The van der Waals surface area contributed by atoms with Crippen LogP contribution in [0, 0.1) is 6.92 Å². The van der Waals surface area contributed by atoms with Crippen molar-refractivity contribution in [1.82, 2.24) is 4.90 Å². The van der Waals surface area contributed by atoms with Gasteiger partial charge in [-0.1, -0.05) is 24.3 Å². The fourth-order valence-corrected chi connectivity index (χ4v) is 3.55. The van der Waals surface area contributed by atoms with Gasteiger partial charge in [0.25, 0.3) is 0 Å². The largest absolute Gasteiger partial charge is 0.375 e. The van der Waals surface area contributed by atoms with Crippen LogP contribution < -0.4 is 0 Å². The summed E-state index contributed by atoms with van der Waals surface area (Å²) in [4.78, 5) is 14.8. The molecule has 2 unspecified atom stereocenters. The van der Waals surface area contributed by atoms with Crippen molar-refractivity contribution in [3.63, 3.8) is 0 Å². The number of nitrogens with zero attached hydrogens (tertiary/aromatic N) is 1. The summed E-state index contributed by atoms with van der Waals surface area (Å²) in [7, 11) is 0. The molecule has 108 valence electrons. The fourth-order valence-electron chi connectivity index (χ4n) is 3.55. The topological polar surface area (TPSA) is 29.5 Å². The monoisotopic (exact) mass is 273 g/mol. The number of fused-ring (bicyclic) bond motifs is 1. The molecular weight excluding hydrogens is 250 g/mol. The van der Waals surface area contributed by atoms with Crippen LogP contribution in [0.2, 0.25) is 0 Å². The number of ketones is 1. The lowest BCUT2D eigenvalue weighted by molar-refractivity contribution is -0.0550. The predicted octanol–water partition coefficient (Wildman–Crippen LogP) is 2.82. The van der Waals surface area contributed by atoms with Gasteiger partial charge in [0.05, 0.1) is 12.7 Å². The first-order chi connectivity index (χ1) is 9.75. The van der Waals surface area contributed by atoms with Crippen LogP contribution in [0.5, 0.6) is 0 Å². The van der Waals surface area contributed by atoms with Crippen LogP contribution in [0.25, 0.3) is 0 Å². The van der Waals surface area contributed by atoms with E-state index in [9.17, 15) is 4.79 Å². The molecular formula is C17H23NO2. The van der Waals surface area contributed by atoms with E-state index in [1.807, 2.05) is 31.2 Å². The van der Waals surface area contributed by atoms with Crippen LogP contribution in [0.4, 0.5) is 0 Å². The van der Waals surface area contributed by atoms with E-state index >= 15 is 0 Å². The molecule has 3 rings (SSSR count). The van der Waals surface area contributed by atoms with Crippen LogP contribution in [0.15, 0.2) is 24.3 Å². The van der Waals surface area contributed by atoms with Crippen LogP contribution in [0.1, 0.15) is 41.6 Å². The molecule has 0 spiro atoms. The normalized spacial score (nSPS) is 26.4. The Morgan fingerprint density at radius 2 is 2.20 bits per heavy atom. The van der Waals surface area contributed by atoms with Gasteiger partial charge in [-0.05, 0) is 31.7 Å². The molecule has 0 radical (unpaired) electrons. The highest BCUT2D eigenvalue weighted by Gasteiger charge is 2.35. The second-order valence-electron chi connectivity index (χ2n) is 5.93. The highest BCUT2D eigenvalue weighted by molar-refractivity contribution is 5.97. The first kappa shape index (κ1) is 13.8. The molecule has 1 aromatic carbocycles. The zero-order chi connectivity index (χ0) is 13.9. The van der Waals surface area contributed by atoms with E-state index in [0.29, 0.717) is 18.6 Å². The van der Waals surface area contributed by atoms with E-state index in [1.54, 1.807) is 0 Å². The Balaban J connectivity index is 1.59. The molecule has 1 aromatic rings. The smallest absolute Gasteiger partial charge is 0.164 e. The average molecular weight is 273 g/mol. The Morgan fingerprint density at radius 3 is 3.05 bits per heavy atom. The van der Waals surface area contributed by atoms with Crippen molar-refractivity contribution in [1.29, 1.82) is 0 Å². The maximum Gasteiger partial charge on any atom is 0.164 e. The standard InChI is InChI=1S/C17H23NO2/c1-13-5-2-3-6-14(13)16(19)9-10-18-11-12-20-17-8-4-7-15(17)18/h2-3,5-6,15,17H,4,7-12H2,1H3. The average Bonchev–Trinajstić information content (AvgIpc) is 2.94. The minimum absolute atomic E-state index is 0.268. The van der Waals surface area contributed by atoms with Gasteiger partial charge < -0.3 is 4.74 Å². The van der Waals surface area contributed by atoms with Crippen molar-refractivity contribution in [3.05, 3.63) is 35.4 Å². The number of hydrogen-bond acceptors (Lipinski definition) is 3. The zero-order valence-corrected chi connectivity index (χ0v) is 12.2. The number of carbonyl (C=O) groups excluding carboxylic acids is 1. The molecule has 0 bridgehead atoms. The van der Waals surface area contributed by atoms with E-state index in [0.717, 1.165) is 30.8 Å². The number of morpholine rings is 1. The Bertz CT molecular complexity index is 486. The highest BCUT2D eigenvalue weighted by Crippen LogP contribution is 2.29. The Hall–Kier alpha value is -1.19. The molecule has 3 heteroatoms. The predicted molar refractivity (Wildman–Crippen MR) is 79.1 cm³/mol. The molecule has 0 amide bonds. The van der Waals surface area contributed by atoms with Crippen LogP contribution in [-0.2, 0) is 4.74 Å². The molecule has 1 heterocycles. The SMILES string of the molecule is Cc1ccccc1C(=O)CCN1CCOC2CCCC21. The molecule has 2 atom stereocenters. The van der Waals surface area contributed by atoms with Crippen LogP contribution >= 0.6 is 0 Å². The summed E-state index contributed by atoms with van der Waals surface area (Å²) in [6.45, 7) is 4.68. The Labute approximate surface area is 120 Å². The van der Waals surface area contributed by atoms with Crippen LogP contribution in [-0.4, -0.2) is 42.5 Å². The van der Waals surface area contributed by atoms with Gasteiger partial charge in [-0.25, -0.2) is 0 Å². The third-order valence-corrected chi connectivity index (χ3v) is 4.67. The lowest BCUT2D eigenvalue weighted by Gasteiger charge is -2.37. The van der Waals surface area contributed by atoms with Crippen LogP contribution in [0.3, 0.4) is 0 Å². The van der Waals surface area contributed by atoms with Crippen molar-refractivity contribution in [3.8, 4) is 0 Å². The number of aryl methyl sites for hydroxylation is 1. The molecule has 0 N–H and O–H groups in total. The third kappa shape index (κ3) is 2.79. The van der Waals surface area contributed by atoms with Gasteiger partial charge >= 0.3 is 0 Å². The van der Waals surface area contributed by atoms with E-state index in [1.165, 1.54) is 19.3 Å². The van der Waals surface area contributed by atoms with Gasteiger partial charge in [-0.2, -0.15) is 0 Å². The molecule has 1 aliphatic heterocycles. The van der Waals surface area contributed by atoms with E-state index in [2.05, 4.69) is 4.90 Å².